The highest BCUT2D eigenvalue weighted by molar-refractivity contribution is 5.28. The van der Waals surface area contributed by atoms with Gasteiger partial charge in [0, 0.05) is 18.4 Å². The van der Waals surface area contributed by atoms with Gasteiger partial charge in [0.25, 0.3) is 0 Å². The lowest BCUT2D eigenvalue weighted by molar-refractivity contribution is -0.434. The summed E-state index contributed by atoms with van der Waals surface area (Å²) in [5.41, 5.74) is 1.74. The number of rotatable bonds is 6. The minimum absolute atomic E-state index is 0.0765. The van der Waals surface area contributed by atoms with Crippen molar-refractivity contribution in [3.05, 3.63) is 21.4 Å². The topological polar surface area (TPSA) is 63.4 Å². The number of allylic oxidation sites excluding steroid dienone is 1. The van der Waals surface area contributed by atoms with Crippen LogP contribution < -0.4 is 0 Å². The number of nitrogens with zero attached hydrogens (tertiary/aromatic N) is 1. The third-order valence-corrected chi connectivity index (χ3v) is 10.6. The molecule has 0 amide bonds. The zero-order chi connectivity index (χ0) is 22.6. The van der Waals surface area contributed by atoms with Gasteiger partial charge in [-0.3, -0.25) is 10.1 Å². The molecule has 3 fully saturated rings. The maximum absolute atomic E-state index is 12.1. The highest BCUT2D eigenvalue weighted by Gasteiger charge is 2.61. The Hall–Kier alpha value is -0.900. The van der Waals surface area contributed by atoms with Gasteiger partial charge in [0.05, 0.1) is 11.0 Å². The summed E-state index contributed by atoms with van der Waals surface area (Å²) in [7, 11) is 0. The van der Waals surface area contributed by atoms with Gasteiger partial charge < -0.3 is 5.11 Å². The van der Waals surface area contributed by atoms with Crippen LogP contribution in [-0.2, 0) is 0 Å². The van der Waals surface area contributed by atoms with Crippen molar-refractivity contribution >= 4 is 0 Å². The molecule has 0 aliphatic heterocycles. The molecule has 8 atom stereocenters. The van der Waals surface area contributed by atoms with Crippen molar-refractivity contribution in [2.45, 2.75) is 111 Å². The zero-order valence-corrected chi connectivity index (χ0v) is 20.5. The molecule has 4 heteroatoms. The number of aliphatic hydroxyl groups excluding tert-OH is 1. The first kappa shape index (κ1) is 23.3. The Balaban J connectivity index is 1.59. The highest BCUT2D eigenvalue weighted by atomic mass is 16.6. The molecular formula is C27H45NO3. The van der Waals surface area contributed by atoms with Crippen LogP contribution in [0.15, 0.2) is 11.3 Å². The Bertz CT molecular complexity index is 730. The van der Waals surface area contributed by atoms with Crippen molar-refractivity contribution in [2.24, 2.45) is 46.3 Å². The molecule has 4 nitrogen and oxygen atoms in total. The first-order valence-corrected chi connectivity index (χ1v) is 13.1. The van der Waals surface area contributed by atoms with E-state index in [4.69, 9.17) is 0 Å². The van der Waals surface area contributed by atoms with E-state index in [0.29, 0.717) is 41.7 Å². The molecule has 0 heterocycles. The lowest BCUT2D eigenvalue weighted by Crippen LogP contribution is -2.52. The fourth-order valence-electron chi connectivity index (χ4n) is 8.96. The quantitative estimate of drug-likeness (QED) is 0.364. The molecule has 0 bridgehead atoms. The zero-order valence-electron chi connectivity index (χ0n) is 20.5. The van der Waals surface area contributed by atoms with Gasteiger partial charge in [-0.25, -0.2) is 0 Å². The fourth-order valence-corrected chi connectivity index (χ4v) is 8.96. The normalized spacial score (nSPS) is 43.4. The molecule has 4 aliphatic carbocycles. The maximum atomic E-state index is 12.1. The summed E-state index contributed by atoms with van der Waals surface area (Å²) in [5, 5.41) is 22.4. The van der Waals surface area contributed by atoms with Gasteiger partial charge in [0.2, 0.25) is 5.70 Å². The monoisotopic (exact) mass is 431 g/mol. The van der Waals surface area contributed by atoms with Crippen LogP contribution in [0, 0.1) is 56.5 Å². The number of fused-ring (bicyclic) bond motifs is 5. The van der Waals surface area contributed by atoms with E-state index in [1.165, 1.54) is 44.9 Å². The summed E-state index contributed by atoms with van der Waals surface area (Å²) in [4.78, 5) is 12.0. The highest BCUT2D eigenvalue weighted by Crippen LogP contribution is 2.68. The molecule has 0 saturated heterocycles. The van der Waals surface area contributed by atoms with Crippen molar-refractivity contribution in [3.63, 3.8) is 0 Å². The number of hydrogen-bond donors (Lipinski definition) is 1. The van der Waals surface area contributed by atoms with E-state index in [1.54, 1.807) is 0 Å². The van der Waals surface area contributed by atoms with Crippen LogP contribution >= 0.6 is 0 Å². The van der Waals surface area contributed by atoms with E-state index >= 15 is 0 Å². The van der Waals surface area contributed by atoms with Gasteiger partial charge in [0.1, 0.15) is 0 Å². The minimum Gasteiger partial charge on any atom is -0.393 e. The maximum Gasteiger partial charge on any atom is 0.246 e. The van der Waals surface area contributed by atoms with E-state index in [2.05, 4.69) is 34.6 Å². The van der Waals surface area contributed by atoms with Crippen molar-refractivity contribution in [1.82, 2.24) is 0 Å². The van der Waals surface area contributed by atoms with Crippen LogP contribution in [0.25, 0.3) is 0 Å². The molecular weight excluding hydrogens is 386 g/mol. The molecule has 4 aliphatic rings. The van der Waals surface area contributed by atoms with Gasteiger partial charge in [0.15, 0.2) is 0 Å². The Kier molecular flexibility index (Phi) is 6.35. The average molecular weight is 432 g/mol. The molecule has 31 heavy (non-hydrogen) atoms. The average Bonchev–Trinajstić information content (AvgIpc) is 3.05. The standard InChI is InChI=1S/C27H45NO3/c1-17(2)7-6-8-18(3)21-9-10-22-20-16-25(28(30)31)24-15-19(29)11-13-27(24,5)23(20)12-14-26(21,22)4/h17-23,29H,6-16H2,1-5H3/t18?,19-,20?,21+,22?,23?,26?,27?/m0/s1. The summed E-state index contributed by atoms with van der Waals surface area (Å²) in [6.07, 6.45) is 11.5. The van der Waals surface area contributed by atoms with E-state index in [9.17, 15) is 15.2 Å². The summed E-state index contributed by atoms with van der Waals surface area (Å²) in [5.74, 6) is 3.96. The molecule has 0 aromatic rings. The molecule has 176 valence electrons. The fraction of sp³-hybridized carbons (Fsp3) is 0.926. The van der Waals surface area contributed by atoms with Gasteiger partial charge in [-0.05, 0) is 84.9 Å². The Labute approximate surface area is 189 Å². The molecule has 0 spiro atoms. The molecule has 0 radical (unpaired) electrons. The number of hydrogen-bond acceptors (Lipinski definition) is 3. The van der Waals surface area contributed by atoms with Crippen LogP contribution in [0.1, 0.15) is 105 Å². The van der Waals surface area contributed by atoms with E-state index in [-0.39, 0.29) is 10.3 Å². The Morgan fingerprint density at radius 1 is 1.03 bits per heavy atom. The van der Waals surface area contributed by atoms with Crippen LogP contribution in [0.4, 0.5) is 0 Å². The lowest BCUT2D eigenvalue weighted by atomic mass is 9.46. The van der Waals surface area contributed by atoms with Crippen molar-refractivity contribution < 1.29 is 10.0 Å². The summed E-state index contributed by atoms with van der Waals surface area (Å²) in [6.45, 7) is 12.0. The van der Waals surface area contributed by atoms with E-state index in [0.717, 1.165) is 36.2 Å². The second-order valence-electron chi connectivity index (χ2n) is 12.6. The molecule has 6 unspecified atom stereocenters. The van der Waals surface area contributed by atoms with Crippen molar-refractivity contribution in [3.8, 4) is 0 Å². The third kappa shape index (κ3) is 3.89. The molecule has 0 aromatic heterocycles. The first-order chi connectivity index (χ1) is 14.6. The lowest BCUT2D eigenvalue weighted by Gasteiger charge is -2.58. The largest absolute Gasteiger partial charge is 0.393 e. The van der Waals surface area contributed by atoms with Crippen LogP contribution in [0.3, 0.4) is 0 Å². The predicted molar refractivity (Wildman–Crippen MR) is 125 cm³/mol. The summed E-state index contributed by atoms with van der Waals surface area (Å²) in [6, 6.07) is 0. The van der Waals surface area contributed by atoms with Crippen LogP contribution in [0.2, 0.25) is 0 Å². The van der Waals surface area contributed by atoms with Gasteiger partial charge in [-0.15, -0.1) is 0 Å². The number of nitro groups is 1. The molecule has 0 aromatic carbocycles. The van der Waals surface area contributed by atoms with Gasteiger partial charge >= 0.3 is 0 Å². The van der Waals surface area contributed by atoms with Crippen molar-refractivity contribution in [1.29, 1.82) is 0 Å². The molecule has 3 saturated carbocycles. The van der Waals surface area contributed by atoms with E-state index < -0.39 is 6.10 Å². The van der Waals surface area contributed by atoms with Crippen LogP contribution in [-0.4, -0.2) is 16.1 Å². The third-order valence-electron chi connectivity index (χ3n) is 10.6. The Morgan fingerprint density at radius 3 is 2.45 bits per heavy atom. The molecule has 1 N–H and O–H groups in total. The SMILES string of the molecule is CC(C)CCCC(C)[C@H]1CCC2C3CC([N+](=O)[O-])=C4C[C@@H](O)CCC4(C)C3CCC21C. The minimum atomic E-state index is -0.397. The number of aliphatic hydroxyl groups is 1. The second kappa shape index (κ2) is 8.47. The van der Waals surface area contributed by atoms with Gasteiger partial charge in [-0.1, -0.05) is 53.9 Å². The second-order valence-corrected chi connectivity index (χ2v) is 12.6. The Morgan fingerprint density at radius 2 is 1.77 bits per heavy atom. The summed E-state index contributed by atoms with van der Waals surface area (Å²) < 4.78 is 0. The van der Waals surface area contributed by atoms with Gasteiger partial charge in [-0.2, -0.15) is 0 Å². The molecule has 4 rings (SSSR count). The van der Waals surface area contributed by atoms with Crippen molar-refractivity contribution in [2.75, 3.05) is 0 Å². The van der Waals surface area contributed by atoms with E-state index in [1.807, 2.05) is 0 Å². The summed E-state index contributed by atoms with van der Waals surface area (Å²) >= 11 is 0. The predicted octanol–water partition coefficient (Wildman–Crippen LogP) is 6.99. The smallest absolute Gasteiger partial charge is 0.246 e. The van der Waals surface area contributed by atoms with Crippen LogP contribution in [0.5, 0.6) is 0 Å². The first-order valence-electron chi connectivity index (χ1n) is 13.1.